The van der Waals surface area contributed by atoms with Gasteiger partial charge in [-0.15, -0.1) is 0 Å². The minimum absolute atomic E-state index is 0.420. The molecule has 0 spiro atoms. The normalized spacial score (nSPS) is 13.9. The summed E-state index contributed by atoms with van der Waals surface area (Å²) in [5.41, 5.74) is 1.67. The Morgan fingerprint density at radius 1 is 0.846 bits per heavy atom. The summed E-state index contributed by atoms with van der Waals surface area (Å²) in [7, 11) is 0. The predicted molar refractivity (Wildman–Crippen MR) is 97.1 cm³/mol. The molecule has 0 heterocycles. The van der Waals surface area contributed by atoms with Crippen molar-refractivity contribution in [1.29, 1.82) is 0 Å². The maximum atomic E-state index is 12.9. The Morgan fingerprint density at radius 3 is 1.88 bits per heavy atom. The Balaban J connectivity index is 2.11. The molecule has 5 heteroatoms. The molecule has 0 amide bonds. The van der Waals surface area contributed by atoms with E-state index in [-0.39, 0.29) is 0 Å². The van der Waals surface area contributed by atoms with E-state index in [1.54, 1.807) is 45.0 Å². The van der Waals surface area contributed by atoms with Gasteiger partial charge in [0, 0.05) is 0 Å². The van der Waals surface area contributed by atoms with Gasteiger partial charge in [-0.2, -0.15) is 13.2 Å². The first-order valence-electron chi connectivity index (χ1n) is 8.37. The van der Waals surface area contributed by atoms with Crippen LogP contribution in [0.1, 0.15) is 50.0 Å². The van der Waals surface area contributed by atoms with Gasteiger partial charge in [0.25, 0.3) is 0 Å². The SMILES string of the molecule is CC(C)(C)OOC(CC(F)(F)F)c1ccc(/C=C/c2ccccc2)cc1. The average molecular weight is 364 g/mol. The summed E-state index contributed by atoms with van der Waals surface area (Å²) in [6, 6.07) is 16.6. The monoisotopic (exact) mass is 364 g/mol. The lowest BCUT2D eigenvalue weighted by atomic mass is 10.0. The largest absolute Gasteiger partial charge is 0.392 e. The standard InChI is InChI=1S/C21H23F3O2/c1-20(2,3)26-25-19(15-21(22,23)24)18-13-11-17(12-14-18)10-9-16-7-5-4-6-8-16/h4-14,19H,15H2,1-3H3/b10-9+. The summed E-state index contributed by atoms with van der Waals surface area (Å²) >= 11 is 0. The highest BCUT2D eigenvalue weighted by atomic mass is 19.4. The zero-order chi connectivity index (χ0) is 19.2. The zero-order valence-corrected chi connectivity index (χ0v) is 15.1. The van der Waals surface area contributed by atoms with Gasteiger partial charge in [0.05, 0.1) is 12.0 Å². The number of alkyl halides is 3. The molecule has 0 aliphatic heterocycles. The zero-order valence-electron chi connectivity index (χ0n) is 15.1. The first-order chi connectivity index (χ1) is 12.1. The highest BCUT2D eigenvalue weighted by molar-refractivity contribution is 5.69. The molecular weight excluding hydrogens is 341 g/mol. The van der Waals surface area contributed by atoms with Crippen LogP contribution >= 0.6 is 0 Å². The van der Waals surface area contributed by atoms with Crippen molar-refractivity contribution in [3.8, 4) is 0 Å². The molecule has 1 unspecified atom stereocenters. The lowest BCUT2D eigenvalue weighted by Gasteiger charge is -2.24. The number of benzene rings is 2. The van der Waals surface area contributed by atoms with Gasteiger partial charge in [0.2, 0.25) is 0 Å². The summed E-state index contributed by atoms with van der Waals surface area (Å²) in [4.78, 5) is 10.2. The Kier molecular flexibility index (Phi) is 6.62. The summed E-state index contributed by atoms with van der Waals surface area (Å²) in [5.74, 6) is 0. The van der Waals surface area contributed by atoms with Crippen molar-refractivity contribution in [2.24, 2.45) is 0 Å². The van der Waals surface area contributed by atoms with Crippen LogP contribution in [0.2, 0.25) is 0 Å². The van der Waals surface area contributed by atoms with Gasteiger partial charge in [-0.25, -0.2) is 9.78 Å². The average Bonchev–Trinajstić information content (AvgIpc) is 2.56. The minimum atomic E-state index is -4.35. The van der Waals surface area contributed by atoms with Crippen molar-refractivity contribution in [2.45, 2.75) is 45.1 Å². The predicted octanol–water partition coefficient (Wildman–Crippen LogP) is 6.60. The number of rotatable bonds is 6. The van der Waals surface area contributed by atoms with Crippen LogP contribution in [0.5, 0.6) is 0 Å². The van der Waals surface area contributed by atoms with Crippen LogP contribution in [-0.4, -0.2) is 11.8 Å². The molecule has 0 radical (unpaired) electrons. The Bertz CT molecular complexity index is 699. The summed E-state index contributed by atoms with van der Waals surface area (Å²) in [6.07, 6.45) is -2.81. The molecule has 1 atom stereocenters. The van der Waals surface area contributed by atoms with Crippen LogP contribution < -0.4 is 0 Å². The van der Waals surface area contributed by atoms with Gasteiger partial charge < -0.3 is 0 Å². The van der Waals surface area contributed by atoms with Gasteiger partial charge in [-0.3, -0.25) is 0 Å². The van der Waals surface area contributed by atoms with Crippen LogP contribution in [0, 0.1) is 0 Å². The highest BCUT2D eigenvalue weighted by Gasteiger charge is 2.34. The molecule has 0 fully saturated rings. The second-order valence-corrected chi connectivity index (χ2v) is 7.01. The molecule has 0 saturated carbocycles. The summed E-state index contributed by atoms with van der Waals surface area (Å²) in [5, 5.41) is 0. The second kappa shape index (κ2) is 8.52. The molecule has 26 heavy (non-hydrogen) atoms. The van der Waals surface area contributed by atoms with E-state index in [0.717, 1.165) is 11.1 Å². The number of hydrogen-bond acceptors (Lipinski definition) is 2. The fourth-order valence-electron chi connectivity index (χ4n) is 2.20. The van der Waals surface area contributed by atoms with Crippen LogP contribution in [0.4, 0.5) is 13.2 Å². The topological polar surface area (TPSA) is 18.5 Å². The molecule has 0 N–H and O–H groups in total. The Hall–Kier alpha value is -2.11. The smallest absolute Gasteiger partial charge is 0.230 e. The third-order valence-corrected chi connectivity index (χ3v) is 3.41. The van der Waals surface area contributed by atoms with Gasteiger partial charge in [0.15, 0.2) is 0 Å². The molecule has 0 aromatic heterocycles. The van der Waals surface area contributed by atoms with Crippen LogP contribution in [0.15, 0.2) is 54.6 Å². The molecular formula is C21H23F3O2. The van der Waals surface area contributed by atoms with Crippen molar-refractivity contribution in [2.75, 3.05) is 0 Å². The van der Waals surface area contributed by atoms with Crippen LogP contribution in [0.25, 0.3) is 12.2 Å². The fourth-order valence-corrected chi connectivity index (χ4v) is 2.20. The maximum Gasteiger partial charge on any atom is 0.392 e. The molecule has 0 aliphatic rings. The third kappa shape index (κ3) is 7.42. The van der Waals surface area contributed by atoms with Crippen molar-refractivity contribution >= 4 is 12.2 Å². The Labute approximate surface area is 152 Å². The fraction of sp³-hybridized carbons (Fsp3) is 0.333. The van der Waals surface area contributed by atoms with Crippen molar-refractivity contribution in [1.82, 2.24) is 0 Å². The summed E-state index contributed by atoms with van der Waals surface area (Å²) < 4.78 is 38.6. The quantitative estimate of drug-likeness (QED) is 0.327. The number of hydrogen-bond donors (Lipinski definition) is 0. The number of halogens is 3. The van der Waals surface area contributed by atoms with Gasteiger partial charge >= 0.3 is 6.18 Å². The minimum Gasteiger partial charge on any atom is -0.230 e. The van der Waals surface area contributed by atoms with E-state index in [2.05, 4.69) is 0 Å². The molecule has 0 saturated heterocycles. The van der Waals surface area contributed by atoms with Gasteiger partial charge in [-0.05, 0) is 37.5 Å². The Morgan fingerprint density at radius 2 is 1.38 bits per heavy atom. The highest BCUT2D eigenvalue weighted by Crippen LogP contribution is 2.33. The lowest BCUT2D eigenvalue weighted by Crippen LogP contribution is -2.23. The lowest BCUT2D eigenvalue weighted by molar-refractivity contribution is -0.384. The van der Waals surface area contributed by atoms with E-state index in [1.807, 2.05) is 42.5 Å². The van der Waals surface area contributed by atoms with E-state index in [0.29, 0.717) is 5.56 Å². The van der Waals surface area contributed by atoms with Crippen LogP contribution in [0.3, 0.4) is 0 Å². The van der Waals surface area contributed by atoms with Gasteiger partial charge in [0.1, 0.15) is 6.10 Å². The molecule has 0 bridgehead atoms. The molecule has 2 aromatic rings. The summed E-state index contributed by atoms with van der Waals surface area (Å²) in [6.45, 7) is 5.15. The van der Waals surface area contributed by atoms with E-state index in [9.17, 15) is 13.2 Å². The maximum absolute atomic E-state index is 12.9. The van der Waals surface area contributed by atoms with Crippen molar-refractivity contribution < 1.29 is 22.9 Å². The molecule has 2 rings (SSSR count). The third-order valence-electron chi connectivity index (χ3n) is 3.41. The van der Waals surface area contributed by atoms with Crippen LogP contribution in [-0.2, 0) is 9.78 Å². The molecule has 0 aliphatic carbocycles. The molecule has 2 aromatic carbocycles. The van der Waals surface area contributed by atoms with Gasteiger partial charge in [-0.1, -0.05) is 66.7 Å². The first-order valence-corrected chi connectivity index (χ1v) is 8.37. The van der Waals surface area contributed by atoms with E-state index >= 15 is 0 Å². The van der Waals surface area contributed by atoms with E-state index < -0.39 is 24.3 Å². The first kappa shape index (κ1) is 20.2. The molecule has 2 nitrogen and oxygen atoms in total. The van der Waals surface area contributed by atoms with Crippen molar-refractivity contribution in [3.05, 3.63) is 71.3 Å². The second-order valence-electron chi connectivity index (χ2n) is 7.01. The molecule has 140 valence electrons. The van der Waals surface area contributed by atoms with E-state index in [1.165, 1.54) is 0 Å². The van der Waals surface area contributed by atoms with Crippen molar-refractivity contribution in [3.63, 3.8) is 0 Å². The van der Waals surface area contributed by atoms with E-state index in [4.69, 9.17) is 9.78 Å².